The van der Waals surface area contributed by atoms with E-state index in [1.54, 1.807) is 6.92 Å². The van der Waals surface area contributed by atoms with Crippen molar-refractivity contribution in [1.29, 1.82) is 0 Å². The Bertz CT molecular complexity index is 270. The van der Waals surface area contributed by atoms with Crippen LogP contribution < -0.4 is 0 Å². The summed E-state index contributed by atoms with van der Waals surface area (Å²) in [6.07, 6.45) is -3.77. The van der Waals surface area contributed by atoms with Crippen LogP contribution in [0, 0.1) is 5.92 Å². The average molecular weight is 194 g/mol. The van der Waals surface area contributed by atoms with Crippen LogP contribution in [0.2, 0.25) is 0 Å². The highest BCUT2D eigenvalue weighted by Crippen LogP contribution is 2.38. The van der Waals surface area contributed by atoms with Gasteiger partial charge >= 0.3 is 6.18 Å². The monoisotopic (exact) mass is 194 g/mol. The van der Waals surface area contributed by atoms with Crippen molar-refractivity contribution in [2.45, 2.75) is 26.4 Å². The van der Waals surface area contributed by atoms with Crippen molar-refractivity contribution in [3.05, 3.63) is 23.0 Å². The SMILES string of the molecule is CC1=C(C(F)(F)F)C=C(F)CC1C. The fourth-order valence-corrected chi connectivity index (χ4v) is 1.35. The van der Waals surface area contributed by atoms with E-state index in [0.29, 0.717) is 6.08 Å². The third-order valence-corrected chi connectivity index (χ3v) is 2.27. The Hall–Kier alpha value is -0.800. The Balaban J connectivity index is 3.12. The van der Waals surface area contributed by atoms with Crippen molar-refractivity contribution >= 4 is 0 Å². The summed E-state index contributed by atoms with van der Waals surface area (Å²) in [5, 5.41) is 0. The first-order valence-corrected chi connectivity index (χ1v) is 3.96. The van der Waals surface area contributed by atoms with Crippen LogP contribution in [0.25, 0.3) is 0 Å². The molecule has 74 valence electrons. The van der Waals surface area contributed by atoms with Crippen LogP contribution in [-0.4, -0.2) is 6.18 Å². The Labute approximate surface area is 73.9 Å². The molecular weight excluding hydrogens is 184 g/mol. The average Bonchev–Trinajstić information content (AvgIpc) is 1.94. The highest BCUT2D eigenvalue weighted by atomic mass is 19.4. The molecule has 1 unspecified atom stereocenters. The van der Waals surface area contributed by atoms with Gasteiger partial charge in [0, 0.05) is 6.42 Å². The Kier molecular flexibility index (Phi) is 2.50. The van der Waals surface area contributed by atoms with E-state index in [0.717, 1.165) is 0 Å². The number of rotatable bonds is 0. The second-order valence-corrected chi connectivity index (χ2v) is 3.29. The lowest BCUT2D eigenvalue weighted by Crippen LogP contribution is -2.18. The molecule has 0 N–H and O–H groups in total. The van der Waals surface area contributed by atoms with Crippen LogP contribution in [0.15, 0.2) is 23.0 Å². The predicted octanol–water partition coefficient (Wildman–Crippen LogP) is 3.76. The van der Waals surface area contributed by atoms with E-state index in [1.165, 1.54) is 6.92 Å². The molecule has 0 nitrogen and oxygen atoms in total. The molecular formula is C9H10F4. The Morgan fingerprint density at radius 1 is 1.38 bits per heavy atom. The number of alkyl halides is 3. The Morgan fingerprint density at radius 2 is 1.92 bits per heavy atom. The van der Waals surface area contributed by atoms with E-state index < -0.39 is 17.6 Å². The summed E-state index contributed by atoms with van der Waals surface area (Å²) < 4.78 is 49.5. The third-order valence-electron chi connectivity index (χ3n) is 2.27. The molecule has 13 heavy (non-hydrogen) atoms. The molecule has 0 aliphatic heterocycles. The van der Waals surface area contributed by atoms with Crippen molar-refractivity contribution in [1.82, 2.24) is 0 Å². The molecule has 0 aromatic carbocycles. The fraction of sp³-hybridized carbons (Fsp3) is 0.556. The minimum absolute atomic E-state index is 0.0748. The third kappa shape index (κ3) is 2.11. The fourth-order valence-electron chi connectivity index (χ4n) is 1.35. The zero-order valence-electron chi connectivity index (χ0n) is 7.37. The molecule has 0 spiro atoms. The van der Waals surface area contributed by atoms with Crippen LogP contribution >= 0.6 is 0 Å². The van der Waals surface area contributed by atoms with E-state index in [-0.39, 0.29) is 17.9 Å². The predicted molar refractivity (Wildman–Crippen MR) is 41.7 cm³/mol. The van der Waals surface area contributed by atoms with Crippen LogP contribution in [0.3, 0.4) is 0 Å². The van der Waals surface area contributed by atoms with Gasteiger partial charge in [0.2, 0.25) is 0 Å². The lowest BCUT2D eigenvalue weighted by Gasteiger charge is -2.21. The second-order valence-electron chi connectivity index (χ2n) is 3.29. The van der Waals surface area contributed by atoms with E-state index in [9.17, 15) is 17.6 Å². The molecule has 0 bridgehead atoms. The number of allylic oxidation sites excluding steroid dienone is 4. The lowest BCUT2D eigenvalue weighted by atomic mass is 9.88. The van der Waals surface area contributed by atoms with Gasteiger partial charge in [-0.1, -0.05) is 12.5 Å². The quantitative estimate of drug-likeness (QED) is 0.515. The highest BCUT2D eigenvalue weighted by molar-refractivity contribution is 5.35. The van der Waals surface area contributed by atoms with Gasteiger partial charge in [-0.05, 0) is 18.9 Å². The summed E-state index contributed by atoms with van der Waals surface area (Å²) in [7, 11) is 0. The lowest BCUT2D eigenvalue weighted by molar-refractivity contribution is -0.0899. The van der Waals surface area contributed by atoms with Crippen LogP contribution in [-0.2, 0) is 0 Å². The maximum absolute atomic E-state index is 12.7. The molecule has 0 radical (unpaired) electrons. The van der Waals surface area contributed by atoms with Gasteiger partial charge in [0.15, 0.2) is 0 Å². The molecule has 0 fully saturated rings. The number of hydrogen-bond acceptors (Lipinski definition) is 0. The number of hydrogen-bond donors (Lipinski definition) is 0. The minimum Gasteiger partial charge on any atom is -0.212 e. The van der Waals surface area contributed by atoms with Crippen molar-refractivity contribution in [3.63, 3.8) is 0 Å². The van der Waals surface area contributed by atoms with Crippen molar-refractivity contribution in [3.8, 4) is 0 Å². The minimum atomic E-state index is -4.43. The van der Waals surface area contributed by atoms with Gasteiger partial charge in [0.25, 0.3) is 0 Å². The first-order chi connectivity index (χ1) is 5.82. The molecule has 0 aromatic heterocycles. The van der Waals surface area contributed by atoms with E-state index in [4.69, 9.17) is 0 Å². The van der Waals surface area contributed by atoms with Gasteiger partial charge in [0.05, 0.1) is 5.57 Å². The van der Waals surface area contributed by atoms with Crippen LogP contribution in [0.4, 0.5) is 17.6 Å². The van der Waals surface area contributed by atoms with Gasteiger partial charge < -0.3 is 0 Å². The maximum Gasteiger partial charge on any atom is 0.416 e. The summed E-state index contributed by atoms with van der Waals surface area (Å²) in [5.41, 5.74) is -0.613. The van der Waals surface area contributed by atoms with Gasteiger partial charge in [-0.3, -0.25) is 0 Å². The van der Waals surface area contributed by atoms with E-state index >= 15 is 0 Å². The largest absolute Gasteiger partial charge is 0.416 e. The molecule has 0 heterocycles. The van der Waals surface area contributed by atoms with E-state index in [1.807, 2.05) is 0 Å². The van der Waals surface area contributed by atoms with Crippen LogP contribution in [0.1, 0.15) is 20.3 Å². The molecule has 1 aliphatic rings. The van der Waals surface area contributed by atoms with Gasteiger partial charge in [-0.15, -0.1) is 0 Å². The topological polar surface area (TPSA) is 0 Å². The molecule has 0 saturated heterocycles. The van der Waals surface area contributed by atoms with Crippen molar-refractivity contribution < 1.29 is 17.6 Å². The molecule has 1 atom stereocenters. The highest BCUT2D eigenvalue weighted by Gasteiger charge is 2.37. The summed E-state index contributed by atoms with van der Waals surface area (Å²) in [6, 6.07) is 0. The van der Waals surface area contributed by atoms with Crippen LogP contribution in [0.5, 0.6) is 0 Å². The second kappa shape index (κ2) is 3.16. The number of halogens is 4. The molecule has 0 aromatic rings. The van der Waals surface area contributed by atoms with Gasteiger partial charge in [-0.2, -0.15) is 13.2 Å². The van der Waals surface area contributed by atoms with E-state index in [2.05, 4.69) is 0 Å². The summed E-state index contributed by atoms with van der Waals surface area (Å²) >= 11 is 0. The molecule has 0 amide bonds. The van der Waals surface area contributed by atoms with Gasteiger partial charge in [-0.25, -0.2) is 4.39 Å². The maximum atomic E-state index is 12.7. The molecule has 1 aliphatic carbocycles. The molecule has 4 heteroatoms. The van der Waals surface area contributed by atoms with Gasteiger partial charge in [0.1, 0.15) is 5.83 Å². The molecule has 0 saturated carbocycles. The molecule has 1 rings (SSSR count). The first kappa shape index (κ1) is 10.3. The normalized spacial score (nSPS) is 24.8. The van der Waals surface area contributed by atoms with Crippen molar-refractivity contribution in [2.24, 2.45) is 5.92 Å². The Morgan fingerprint density at radius 3 is 2.38 bits per heavy atom. The summed E-state index contributed by atoms with van der Waals surface area (Å²) in [6.45, 7) is 2.99. The zero-order chi connectivity index (χ0) is 10.2. The van der Waals surface area contributed by atoms with Crippen molar-refractivity contribution in [2.75, 3.05) is 0 Å². The summed E-state index contributed by atoms with van der Waals surface area (Å²) in [5.74, 6) is -1.05. The first-order valence-electron chi connectivity index (χ1n) is 3.96. The standard InChI is InChI=1S/C9H10F4/c1-5-3-7(10)4-8(6(5)2)9(11,12)13/h4-5H,3H2,1-2H3. The zero-order valence-corrected chi connectivity index (χ0v) is 7.37. The smallest absolute Gasteiger partial charge is 0.212 e. The summed E-state index contributed by atoms with van der Waals surface area (Å²) in [4.78, 5) is 0.